The molecule has 0 aliphatic rings. The molecule has 0 saturated carbocycles. The Morgan fingerprint density at radius 3 is 2.67 bits per heavy atom. The summed E-state index contributed by atoms with van der Waals surface area (Å²) in [5.74, 6) is 0. The molecule has 2 heterocycles. The molecule has 3 aromatic rings. The van der Waals surface area contributed by atoms with Gasteiger partial charge in [-0.15, -0.1) is 0 Å². The average molecular weight is 296 g/mol. The second-order valence-corrected chi connectivity index (χ2v) is 4.24. The summed E-state index contributed by atoms with van der Waals surface area (Å²) in [5.41, 5.74) is -2.49. The van der Waals surface area contributed by atoms with Gasteiger partial charge in [-0.05, 0) is 18.2 Å². The van der Waals surface area contributed by atoms with Crippen molar-refractivity contribution in [1.82, 2.24) is 19.5 Å². The van der Waals surface area contributed by atoms with Gasteiger partial charge in [-0.2, -0.15) is 13.2 Å². The van der Waals surface area contributed by atoms with E-state index in [4.69, 9.17) is 0 Å². The molecule has 0 aliphatic heterocycles. The standard InChI is InChI=1S/C12H7F3N4O2/c13-12(14,15)6-2-1-3-7(4-6)19-8-9(18-11(19)21)16-5-17-10(8)20/h1-5H,(H2,16,17,18,20,21). The lowest BCUT2D eigenvalue weighted by Crippen LogP contribution is -2.19. The number of hydrogen-bond donors (Lipinski definition) is 2. The highest BCUT2D eigenvalue weighted by atomic mass is 19.4. The van der Waals surface area contributed by atoms with Gasteiger partial charge in [0.2, 0.25) is 0 Å². The minimum atomic E-state index is -4.55. The molecule has 21 heavy (non-hydrogen) atoms. The van der Waals surface area contributed by atoms with Crippen LogP contribution in [0.2, 0.25) is 0 Å². The monoisotopic (exact) mass is 296 g/mol. The Labute approximate surface area is 113 Å². The Morgan fingerprint density at radius 2 is 1.95 bits per heavy atom. The zero-order valence-corrected chi connectivity index (χ0v) is 10.2. The van der Waals surface area contributed by atoms with E-state index in [1.165, 1.54) is 6.07 Å². The van der Waals surface area contributed by atoms with Crippen molar-refractivity contribution in [1.29, 1.82) is 0 Å². The summed E-state index contributed by atoms with van der Waals surface area (Å²) < 4.78 is 39.0. The summed E-state index contributed by atoms with van der Waals surface area (Å²) in [6.07, 6.45) is -3.45. The topological polar surface area (TPSA) is 83.5 Å². The largest absolute Gasteiger partial charge is 0.416 e. The summed E-state index contributed by atoms with van der Waals surface area (Å²) in [6, 6.07) is 4.14. The first-order valence-corrected chi connectivity index (χ1v) is 5.74. The van der Waals surface area contributed by atoms with E-state index in [0.717, 1.165) is 29.1 Å². The van der Waals surface area contributed by atoms with E-state index in [2.05, 4.69) is 15.0 Å². The number of rotatable bonds is 1. The van der Waals surface area contributed by atoms with Crippen molar-refractivity contribution in [2.75, 3.05) is 0 Å². The highest BCUT2D eigenvalue weighted by Gasteiger charge is 2.30. The van der Waals surface area contributed by atoms with E-state index in [1.807, 2.05) is 0 Å². The summed E-state index contributed by atoms with van der Waals surface area (Å²) in [7, 11) is 0. The number of alkyl halides is 3. The van der Waals surface area contributed by atoms with Gasteiger partial charge < -0.3 is 4.98 Å². The van der Waals surface area contributed by atoms with Crippen LogP contribution in [0.15, 0.2) is 40.2 Å². The van der Waals surface area contributed by atoms with E-state index in [0.29, 0.717) is 0 Å². The Hall–Kier alpha value is -2.84. The van der Waals surface area contributed by atoms with Crippen molar-refractivity contribution >= 4 is 11.2 Å². The third-order valence-corrected chi connectivity index (χ3v) is 2.91. The number of H-pyrrole nitrogens is 2. The zero-order chi connectivity index (χ0) is 15.2. The molecule has 0 unspecified atom stereocenters. The van der Waals surface area contributed by atoms with Crippen molar-refractivity contribution in [3.63, 3.8) is 0 Å². The molecular formula is C12H7F3N4O2. The van der Waals surface area contributed by atoms with Crippen LogP contribution in [0, 0.1) is 0 Å². The molecule has 108 valence electrons. The first-order valence-electron chi connectivity index (χ1n) is 5.74. The molecule has 0 atom stereocenters. The minimum absolute atomic E-state index is 0.00108. The molecule has 3 rings (SSSR count). The fraction of sp³-hybridized carbons (Fsp3) is 0.0833. The lowest BCUT2D eigenvalue weighted by molar-refractivity contribution is -0.137. The van der Waals surface area contributed by atoms with Crippen LogP contribution in [0.5, 0.6) is 0 Å². The molecule has 9 heteroatoms. The molecule has 0 amide bonds. The van der Waals surface area contributed by atoms with Gasteiger partial charge in [0.25, 0.3) is 5.56 Å². The Kier molecular flexibility index (Phi) is 2.71. The molecule has 0 aliphatic carbocycles. The van der Waals surface area contributed by atoms with Crippen LogP contribution in [-0.2, 0) is 6.18 Å². The lowest BCUT2D eigenvalue weighted by Gasteiger charge is -2.09. The van der Waals surface area contributed by atoms with Crippen molar-refractivity contribution in [2.24, 2.45) is 0 Å². The molecule has 0 spiro atoms. The maximum atomic E-state index is 12.7. The molecule has 0 radical (unpaired) electrons. The maximum absolute atomic E-state index is 12.7. The van der Waals surface area contributed by atoms with Gasteiger partial charge >= 0.3 is 11.9 Å². The fourth-order valence-corrected chi connectivity index (χ4v) is 2.02. The van der Waals surface area contributed by atoms with Crippen molar-refractivity contribution in [3.05, 3.63) is 57.0 Å². The van der Waals surface area contributed by atoms with Gasteiger partial charge in [-0.1, -0.05) is 6.07 Å². The minimum Gasteiger partial charge on any atom is -0.311 e. The smallest absolute Gasteiger partial charge is 0.311 e. The van der Waals surface area contributed by atoms with Gasteiger partial charge in [0.05, 0.1) is 17.6 Å². The third-order valence-electron chi connectivity index (χ3n) is 2.91. The molecule has 2 N–H and O–H groups in total. The Bertz CT molecular complexity index is 936. The van der Waals surface area contributed by atoms with Gasteiger partial charge in [-0.3, -0.25) is 14.3 Å². The second-order valence-electron chi connectivity index (χ2n) is 4.24. The van der Waals surface area contributed by atoms with Crippen LogP contribution in [-0.4, -0.2) is 19.5 Å². The third kappa shape index (κ3) is 2.12. The molecule has 0 fully saturated rings. The molecular weight excluding hydrogens is 289 g/mol. The van der Waals surface area contributed by atoms with Crippen molar-refractivity contribution in [2.45, 2.75) is 6.18 Å². The SMILES string of the molecule is O=c1[nH]cnc2[nH]c(=O)n(-c3cccc(C(F)(F)F)c3)c12. The zero-order valence-electron chi connectivity index (χ0n) is 10.2. The molecule has 1 aromatic carbocycles. The number of aromatic amines is 2. The summed E-state index contributed by atoms with van der Waals surface area (Å²) >= 11 is 0. The predicted molar refractivity (Wildman–Crippen MR) is 67.3 cm³/mol. The highest BCUT2D eigenvalue weighted by Crippen LogP contribution is 2.30. The first-order chi connectivity index (χ1) is 9.88. The van der Waals surface area contributed by atoms with Crippen LogP contribution in [0.3, 0.4) is 0 Å². The summed E-state index contributed by atoms with van der Waals surface area (Å²) in [6.45, 7) is 0. The average Bonchev–Trinajstić information content (AvgIpc) is 2.75. The lowest BCUT2D eigenvalue weighted by atomic mass is 10.2. The summed E-state index contributed by atoms with van der Waals surface area (Å²) in [4.78, 5) is 32.0. The first kappa shape index (κ1) is 13.2. The fourth-order valence-electron chi connectivity index (χ4n) is 2.02. The number of nitrogens with zero attached hydrogens (tertiary/aromatic N) is 2. The number of nitrogens with one attached hydrogen (secondary N) is 2. The molecule has 0 saturated heterocycles. The molecule has 6 nitrogen and oxygen atoms in total. The van der Waals surface area contributed by atoms with Gasteiger partial charge in [0.1, 0.15) is 0 Å². The Balaban J connectivity index is 2.34. The highest BCUT2D eigenvalue weighted by molar-refractivity contribution is 5.71. The number of aromatic nitrogens is 4. The van der Waals surface area contributed by atoms with E-state index in [9.17, 15) is 22.8 Å². The number of fused-ring (bicyclic) bond motifs is 1. The van der Waals surface area contributed by atoms with Gasteiger partial charge in [-0.25, -0.2) is 9.78 Å². The maximum Gasteiger partial charge on any atom is 0.416 e. The Morgan fingerprint density at radius 1 is 1.19 bits per heavy atom. The van der Waals surface area contributed by atoms with Gasteiger partial charge in [0, 0.05) is 0 Å². The van der Waals surface area contributed by atoms with Crippen LogP contribution < -0.4 is 11.2 Å². The van der Waals surface area contributed by atoms with E-state index in [-0.39, 0.29) is 16.9 Å². The number of hydrogen-bond acceptors (Lipinski definition) is 3. The summed E-state index contributed by atoms with van der Waals surface area (Å²) in [5, 5.41) is 0. The quantitative estimate of drug-likeness (QED) is 0.712. The normalized spacial score (nSPS) is 12.0. The van der Waals surface area contributed by atoms with E-state index >= 15 is 0 Å². The number of halogens is 3. The predicted octanol–water partition coefficient (Wildman–Crippen LogP) is 1.42. The number of benzene rings is 1. The van der Waals surface area contributed by atoms with Crippen molar-refractivity contribution < 1.29 is 13.2 Å². The van der Waals surface area contributed by atoms with E-state index in [1.54, 1.807) is 0 Å². The van der Waals surface area contributed by atoms with Crippen LogP contribution in [0.1, 0.15) is 5.56 Å². The number of imidazole rings is 1. The second kappa shape index (κ2) is 4.33. The molecule has 2 aromatic heterocycles. The van der Waals surface area contributed by atoms with Crippen molar-refractivity contribution in [3.8, 4) is 5.69 Å². The van der Waals surface area contributed by atoms with E-state index < -0.39 is 23.0 Å². The van der Waals surface area contributed by atoms with Gasteiger partial charge in [0.15, 0.2) is 11.2 Å². The molecule has 0 bridgehead atoms. The van der Waals surface area contributed by atoms with Crippen LogP contribution in [0.25, 0.3) is 16.9 Å². The van der Waals surface area contributed by atoms with Crippen LogP contribution in [0.4, 0.5) is 13.2 Å². The van der Waals surface area contributed by atoms with Crippen LogP contribution >= 0.6 is 0 Å².